The number of nitrogens with one attached hydrogen (secondary N) is 2. The zero-order valence-electron chi connectivity index (χ0n) is 13.2. The van der Waals surface area contributed by atoms with Crippen LogP contribution in [0.1, 0.15) is 36.8 Å². The van der Waals surface area contributed by atoms with Gasteiger partial charge in [0, 0.05) is 22.6 Å². The largest absolute Gasteiger partial charge is 0.381 e. The maximum atomic E-state index is 14.5. The lowest BCUT2D eigenvalue weighted by atomic mass is 9.61. The maximum Gasteiger partial charge on any atom is 0.322 e. The van der Waals surface area contributed by atoms with Crippen molar-refractivity contribution in [2.24, 2.45) is 5.41 Å². The molecule has 1 heterocycles. The molecular formula is C17H18BrFN2O3. The number of halogens is 2. The van der Waals surface area contributed by atoms with Crippen molar-refractivity contribution >= 4 is 27.9 Å². The Labute approximate surface area is 147 Å². The lowest BCUT2D eigenvalue weighted by Gasteiger charge is -2.46. The predicted molar refractivity (Wildman–Crippen MR) is 87.9 cm³/mol. The topological polar surface area (TPSA) is 67.4 Å². The van der Waals surface area contributed by atoms with Crippen molar-refractivity contribution in [3.63, 3.8) is 0 Å². The van der Waals surface area contributed by atoms with Crippen molar-refractivity contribution in [1.29, 1.82) is 0 Å². The Morgan fingerprint density at radius 1 is 1.29 bits per heavy atom. The summed E-state index contributed by atoms with van der Waals surface area (Å²) in [7, 11) is 1.68. The van der Waals surface area contributed by atoms with Gasteiger partial charge in [-0.2, -0.15) is 0 Å². The molecule has 3 aliphatic rings. The van der Waals surface area contributed by atoms with E-state index in [0.717, 1.165) is 12.8 Å². The maximum absolute atomic E-state index is 14.5. The SMILES string of the molecule is COC1CCC2(CC1)Cc1c(F)ccc(Br)c1C21NC(=O)NC1=O. The Balaban J connectivity index is 1.91. The number of benzene rings is 1. The summed E-state index contributed by atoms with van der Waals surface area (Å²) < 4.78 is 20.6. The van der Waals surface area contributed by atoms with Crippen LogP contribution in [0.3, 0.4) is 0 Å². The minimum atomic E-state index is -1.21. The number of hydrogen-bond acceptors (Lipinski definition) is 3. The third-order valence-corrected chi connectivity index (χ3v) is 6.64. The van der Waals surface area contributed by atoms with Gasteiger partial charge in [0.1, 0.15) is 5.82 Å². The van der Waals surface area contributed by atoms with E-state index in [-0.39, 0.29) is 17.8 Å². The second-order valence-corrected chi connectivity index (χ2v) is 7.79. The molecule has 2 N–H and O–H groups in total. The number of urea groups is 1. The van der Waals surface area contributed by atoms with Gasteiger partial charge in [-0.05, 0) is 49.8 Å². The van der Waals surface area contributed by atoms with Crippen LogP contribution in [0, 0.1) is 11.2 Å². The van der Waals surface area contributed by atoms with Crippen LogP contribution in [-0.4, -0.2) is 25.2 Å². The summed E-state index contributed by atoms with van der Waals surface area (Å²) in [5.41, 5.74) is -0.635. The Kier molecular flexibility index (Phi) is 3.51. The molecule has 0 radical (unpaired) electrons. The van der Waals surface area contributed by atoms with Gasteiger partial charge < -0.3 is 10.1 Å². The monoisotopic (exact) mass is 396 g/mol. The lowest BCUT2D eigenvalue weighted by molar-refractivity contribution is -0.131. The van der Waals surface area contributed by atoms with Crippen molar-refractivity contribution in [3.05, 3.63) is 33.5 Å². The Bertz CT molecular complexity index is 746. The predicted octanol–water partition coefficient (Wildman–Crippen LogP) is 2.75. The average Bonchev–Trinajstić information content (AvgIpc) is 3.01. The summed E-state index contributed by atoms with van der Waals surface area (Å²) in [6.07, 6.45) is 3.55. The van der Waals surface area contributed by atoms with Crippen molar-refractivity contribution < 1.29 is 18.7 Å². The van der Waals surface area contributed by atoms with Crippen LogP contribution >= 0.6 is 15.9 Å². The number of carbonyl (C=O) groups excluding carboxylic acids is 2. The Morgan fingerprint density at radius 2 is 2.00 bits per heavy atom. The third kappa shape index (κ3) is 1.88. The average molecular weight is 397 g/mol. The molecule has 4 rings (SSSR count). The second-order valence-electron chi connectivity index (χ2n) is 6.93. The number of amides is 3. The lowest BCUT2D eigenvalue weighted by Crippen LogP contribution is -2.56. The van der Waals surface area contributed by atoms with Crippen LogP contribution in [-0.2, 0) is 21.5 Å². The zero-order valence-corrected chi connectivity index (χ0v) is 14.8. The van der Waals surface area contributed by atoms with E-state index in [1.165, 1.54) is 6.07 Å². The van der Waals surface area contributed by atoms with Gasteiger partial charge in [-0.3, -0.25) is 10.1 Å². The quantitative estimate of drug-likeness (QED) is 0.717. The standard InChI is InChI=1S/C17H18BrFN2O3/c1-24-9-4-6-16(7-5-9)8-10-12(19)3-2-11(18)13(10)17(16)14(22)20-15(23)21-17/h2-3,9H,4-8H2,1H3,(H2,20,21,22,23). The number of carbonyl (C=O) groups is 2. The first-order valence-corrected chi connectivity index (χ1v) is 8.86. The number of fused-ring (bicyclic) bond motifs is 3. The van der Waals surface area contributed by atoms with Crippen molar-refractivity contribution in [1.82, 2.24) is 10.6 Å². The number of hydrogen-bond donors (Lipinski definition) is 2. The van der Waals surface area contributed by atoms with E-state index in [1.807, 2.05) is 0 Å². The Hall–Kier alpha value is -1.47. The van der Waals surface area contributed by atoms with Crippen LogP contribution in [0.5, 0.6) is 0 Å². The van der Waals surface area contributed by atoms with Gasteiger partial charge in [0.05, 0.1) is 6.10 Å². The fraction of sp³-hybridized carbons (Fsp3) is 0.529. The molecule has 0 bridgehead atoms. The Morgan fingerprint density at radius 3 is 2.58 bits per heavy atom. The third-order valence-electron chi connectivity index (χ3n) is 5.98. The van der Waals surface area contributed by atoms with Crippen LogP contribution in [0.2, 0.25) is 0 Å². The highest BCUT2D eigenvalue weighted by molar-refractivity contribution is 9.10. The van der Waals surface area contributed by atoms with Gasteiger partial charge >= 0.3 is 6.03 Å². The van der Waals surface area contributed by atoms with E-state index in [1.54, 1.807) is 13.2 Å². The second kappa shape index (κ2) is 5.26. The molecule has 1 aromatic carbocycles. The van der Waals surface area contributed by atoms with E-state index < -0.39 is 17.0 Å². The minimum Gasteiger partial charge on any atom is -0.381 e. The highest BCUT2D eigenvalue weighted by atomic mass is 79.9. The summed E-state index contributed by atoms with van der Waals surface area (Å²) in [5, 5.41) is 5.23. The molecule has 128 valence electrons. The van der Waals surface area contributed by atoms with Crippen LogP contribution in [0.4, 0.5) is 9.18 Å². The summed E-state index contributed by atoms with van der Waals surface area (Å²) >= 11 is 3.47. The van der Waals surface area contributed by atoms with Crippen LogP contribution in [0.15, 0.2) is 16.6 Å². The molecule has 7 heteroatoms. The van der Waals surface area contributed by atoms with Gasteiger partial charge in [0.25, 0.3) is 5.91 Å². The molecule has 1 aliphatic heterocycles. The summed E-state index contributed by atoms with van der Waals surface area (Å²) in [6.45, 7) is 0. The molecule has 5 nitrogen and oxygen atoms in total. The van der Waals surface area contributed by atoms with Crippen molar-refractivity contribution in [2.75, 3.05) is 7.11 Å². The van der Waals surface area contributed by atoms with Gasteiger partial charge in [-0.1, -0.05) is 15.9 Å². The molecule has 3 amide bonds. The van der Waals surface area contributed by atoms with Crippen molar-refractivity contribution in [3.8, 4) is 0 Å². The summed E-state index contributed by atoms with van der Waals surface area (Å²) in [5.74, 6) is -0.708. The normalized spacial score (nSPS) is 34.5. The fourth-order valence-corrected chi connectivity index (χ4v) is 5.51. The van der Waals surface area contributed by atoms with E-state index in [4.69, 9.17) is 4.74 Å². The number of rotatable bonds is 1. The minimum absolute atomic E-state index is 0.143. The molecule has 1 unspecified atom stereocenters. The molecule has 1 aromatic rings. The van der Waals surface area contributed by atoms with Gasteiger partial charge in [-0.15, -0.1) is 0 Å². The summed E-state index contributed by atoms with van der Waals surface area (Å²) in [6, 6.07) is 2.50. The molecule has 1 atom stereocenters. The first-order chi connectivity index (χ1) is 11.4. The van der Waals surface area contributed by atoms with Gasteiger partial charge in [0.2, 0.25) is 0 Å². The molecule has 2 fully saturated rings. The van der Waals surface area contributed by atoms with Gasteiger partial charge in [-0.25, -0.2) is 9.18 Å². The number of imide groups is 1. The molecule has 2 spiro atoms. The molecule has 1 saturated heterocycles. The molecular weight excluding hydrogens is 379 g/mol. The van der Waals surface area contributed by atoms with E-state index in [2.05, 4.69) is 26.6 Å². The summed E-state index contributed by atoms with van der Waals surface area (Å²) in [4.78, 5) is 24.9. The molecule has 0 aromatic heterocycles. The van der Waals surface area contributed by atoms with E-state index in [0.29, 0.717) is 34.9 Å². The highest BCUT2D eigenvalue weighted by Crippen LogP contribution is 2.60. The molecule has 1 saturated carbocycles. The molecule has 2 aliphatic carbocycles. The van der Waals surface area contributed by atoms with Crippen LogP contribution < -0.4 is 10.6 Å². The van der Waals surface area contributed by atoms with Crippen molar-refractivity contribution in [2.45, 2.75) is 43.7 Å². The van der Waals surface area contributed by atoms with Crippen LogP contribution in [0.25, 0.3) is 0 Å². The molecule has 24 heavy (non-hydrogen) atoms. The zero-order chi connectivity index (χ0) is 17.1. The highest BCUT2D eigenvalue weighted by Gasteiger charge is 2.67. The van der Waals surface area contributed by atoms with Gasteiger partial charge in [0.15, 0.2) is 5.54 Å². The number of methoxy groups -OCH3 is 1. The first-order valence-electron chi connectivity index (χ1n) is 8.07. The smallest absolute Gasteiger partial charge is 0.322 e. The first kappa shape index (κ1) is 16.0. The van der Waals surface area contributed by atoms with E-state index >= 15 is 0 Å². The van der Waals surface area contributed by atoms with E-state index in [9.17, 15) is 14.0 Å². The fourth-order valence-electron chi connectivity index (χ4n) is 4.84. The number of ether oxygens (including phenoxy) is 1.